The number of halogens is 3. The van der Waals surface area contributed by atoms with Crippen molar-refractivity contribution in [2.75, 3.05) is 0 Å². The first kappa shape index (κ1) is 24.9. The predicted molar refractivity (Wildman–Crippen MR) is 166 cm³/mol. The Morgan fingerprint density at radius 2 is 1.63 bits per heavy atom. The third-order valence-electron chi connectivity index (χ3n) is 6.43. The fourth-order valence-electron chi connectivity index (χ4n) is 4.67. The molecular weight excluding hydrogens is 628 g/mol. The summed E-state index contributed by atoms with van der Waals surface area (Å²) in [6, 6.07) is 29.4. The third kappa shape index (κ3) is 4.77. The largest absolute Gasteiger partial charge is 0.342 e. The van der Waals surface area contributed by atoms with Crippen LogP contribution in [0.15, 0.2) is 102 Å². The van der Waals surface area contributed by atoms with E-state index in [-0.39, 0.29) is 5.56 Å². The number of rotatable bonds is 5. The number of para-hydroxylation sites is 1. The first-order valence-corrected chi connectivity index (χ1v) is 13.8. The molecule has 0 amide bonds. The molecule has 0 aliphatic rings. The number of aromatic nitrogens is 3. The second-order valence-corrected chi connectivity index (χ2v) is 11.0. The molecule has 38 heavy (non-hydrogen) atoms. The van der Waals surface area contributed by atoms with Gasteiger partial charge in [-0.2, -0.15) is 0 Å². The summed E-state index contributed by atoms with van der Waals surface area (Å²) in [6.07, 6.45) is 6.01. The van der Waals surface area contributed by atoms with Crippen LogP contribution >= 0.6 is 45.8 Å². The molecule has 0 saturated heterocycles. The van der Waals surface area contributed by atoms with E-state index in [1.54, 1.807) is 22.8 Å². The number of benzene rings is 4. The summed E-state index contributed by atoms with van der Waals surface area (Å²) in [5.41, 5.74) is 4.35. The van der Waals surface area contributed by atoms with Gasteiger partial charge in [-0.1, -0.05) is 71.7 Å². The first-order chi connectivity index (χ1) is 18.5. The van der Waals surface area contributed by atoms with Gasteiger partial charge in [0.25, 0.3) is 5.56 Å². The maximum absolute atomic E-state index is 13.8. The van der Waals surface area contributed by atoms with Gasteiger partial charge in [0, 0.05) is 37.8 Å². The topological polar surface area (TPSA) is 39.8 Å². The average Bonchev–Trinajstić information content (AvgIpc) is 3.26. The van der Waals surface area contributed by atoms with E-state index in [0.717, 1.165) is 26.6 Å². The average molecular weight is 648 g/mol. The monoisotopic (exact) mass is 647 g/mol. The summed E-state index contributed by atoms with van der Waals surface area (Å²) < 4.78 is 4.75. The van der Waals surface area contributed by atoms with E-state index in [9.17, 15) is 4.79 Å². The lowest BCUT2D eigenvalue weighted by Crippen LogP contribution is -2.22. The van der Waals surface area contributed by atoms with Crippen molar-refractivity contribution in [2.45, 2.75) is 6.54 Å². The second-order valence-electron chi connectivity index (χ2n) is 8.92. The van der Waals surface area contributed by atoms with Crippen molar-refractivity contribution in [2.24, 2.45) is 0 Å². The van der Waals surface area contributed by atoms with E-state index in [4.69, 9.17) is 28.2 Å². The van der Waals surface area contributed by atoms with Gasteiger partial charge in [-0.15, -0.1) is 0 Å². The second kappa shape index (κ2) is 10.4. The van der Waals surface area contributed by atoms with Gasteiger partial charge in [-0.3, -0.25) is 9.36 Å². The minimum atomic E-state index is -0.191. The quantitative estimate of drug-likeness (QED) is 0.176. The molecule has 2 aromatic heterocycles. The van der Waals surface area contributed by atoms with Crippen LogP contribution in [0.5, 0.6) is 0 Å². The molecule has 4 nitrogen and oxygen atoms in total. The lowest BCUT2D eigenvalue weighted by atomic mass is 10.1. The Morgan fingerprint density at radius 3 is 2.45 bits per heavy atom. The minimum absolute atomic E-state index is 0.191. The molecule has 0 saturated carbocycles. The van der Waals surface area contributed by atoms with Crippen molar-refractivity contribution in [3.05, 3.63) is 138 Å². The summed E-state index contributed by atoms with van der Waals surface area (Å²) in [7, 11) is 0. The van der Waals surface area contributed by atoms with Crippen LogP contribution in [0, 0.1) is 3.57 Å². The van der Waals surface area contributed by atoms with Gasteiger partial charge in [-0.05, 0) is 82.8 Å². The highest BCUT2D eigenvalue weighted by atomic mass is 127. The summed E-state index contributed by atoms with van der Waals surface area (Å²) in [6.45, 7) is 0.757. The van der Waals surface area contributed by atoms with Crippen LogP contribution in [0.4, 0.5) is 0 Å². The van der Waals surface area contributed by atoms with Crippen LogP contribution in [0.1, 0.15) is 17.0 Å². The van der Waals surface area contributed by atoms with E-state index in [1.807, 2.05) is 48.6 Å². The van der Waals surface area contributed by atoms with Crippen LogP contribution in [-0.2, 0) is 6.54 Å². The van der Waals surface area contributed by atoms with Crippen LogP contribution in [0.25, 0.3) is 39.6 Å². The number of hydrogen-bond donors (Lipinski definition) is 0. The lowest BCUT2D eigenvalue weighted by molar-refractivity contribution is 0.836. The molecule has 0 aliphatic carbocycles. The predicted octanol–water partition coefficient (Wildman–Crippen LogP) is 8.47. The van der Waals surface area contributed by atoms with Crippen molar-refractivity contribution in [3.63, 3.8) is 0 Å². The minimum Gasteiger partial charge on any atom is -0.342 e. The highest BCUT2D eigenvalue weighted by Crippen LogP contribution is 2.27. The van der Waals surface area contributed by atoms with E-state index in [0.29, 0.717) is 32.5 Å². The molecule has 6 aromatic rings. The molecule has 0 unspecified atom stereocenters. The first-order valence-electron chi connectivity index (χ1n) is 12.0. The van der Waals surface area contributed by atoms with Gasteiger partial charge in [0.15, 0.2) is 0 Å². The SMILES string of the molecule is O=c1c2cc(I)ccc2nc(C=Cc2cn(Cc3ccccc3)c3ccccc23)n1-c1ccc(Cl)cc1Cl. The molecule has 6 rings (SSSR count). The van der Waals surface area contributed by atoms with Crippen molar-refractivity contribution in [1.29, 1.82) is 0 Å². The van der Waals surface area contributed by atoms with Gasteiger partial charge >= 0.3 is 0 Å². The Morgan fingerprint density at radius 1 is 0.842 bits per heavy atom. The van der Waals surface area contributed by atoms with Crippen LogP contribution in [0.3, 0.4) is 0 Å². The van der Waals surface area contributed by atoms with Crippen molar-refractivity contribution >= 4 is 79.8 Å². The molecule has 0 radical (unpaired) electrons. The van der Waals surface area contributed by atoms with Gasteiger partial charge < -0.3 is 4.57 Å². The Balaban J connectivity index is 1.52. The molecule has 0 fully saturated rings. The van der Waals surface area contributed by atoms with Gasteiger partial charge in [0.1, 0.15) is 5.82 Å². The molecule has 0 atom stereocenters. The van der Waals surface area contributed by atoms with E-state index in [2.05, 4.69) is 69.8 Å². The zero-order valence-corrected chi connectivity index (χ0v) is 23.7. The number of hydrogen-bond acceptors (Lipinski definition) is 2. The molecule has 0 bridgehead atoms. The Labute approximate surface area is 242 Å². The van der Waals surface area contributed by atoms with Gasteiger partial charge in [0.2, 0.25) is 0 Å². The van der Waals surface area contributed by atoms with Crippen molar-refractivity contribution in [3.8, 4) is 5.69 Å². The maximum Gasteiger partial charge on any atom is 0.266 e. The standard InChI is InChI=1S/C31H20Cl2IN3O/c32-22-11-14-29(26(33)16-22)37-30(35-27-13-12-23(34)17-25(27)31(37)38)15-10-21-19-36(18-20-6-2-1-3-7-20)28-9-5-4-8-24(21)28/h1-17,19H,18H2. The maximum atomic E-state index is 13.8. The molecule has 0 spiro atoms. The molecule has 2 heterocycles. The van der Waals surface area contributed by atoms with Crippen molar-refractivity contribution < 1.29 is 0 Å². The lowest BCUT2D eigenvalue weighted by Gasteiger charge is -2.13. The third-order valence-corrected chi connectivity index (χ3v) is 7.64. The van der Waals surface area contributed by atoms with E-state index >= 15 is 0 Å². The fraction of sp³-hybridized carbons (Fsp3) is 0.0323. The normalized spacial score (nSPS) is 11.7. The van der Waals surface area contributed by atoms with Crippen LogP contribution in [0.2, 0.25) is 10.0 Å². The van der Waals surface area contributed by atoms with Crippen LogP contribution < -0.4 is 5.56 Å². The summed E-state index contributed by atoms with van der Waals surface area (Å²) in [5.74, 6) is 0.479. The highest BCUT2D eigenvalue weighted by Gasteiger charge is 2.15. The molecule has 0 N–H and O–H groups in total. The Kier molecular flexibility index (Phi) is 6.82. The molecule has 4 aromatic carbocycles. The van der Waals surface area contributed by atoms with Gasteiger partial charge in [0.05, 0.1) is 21.6 Å². The summed E-state index contributed by atoms with van der Waals surface area (Å²) >= 11 is 14.9. The molecule has 186 valence electrons. The van der Waals surface area contributed by atoms with Crippen LogP contribution in [-0.4, -0.2) is 14.1 Å². The molecular formula is C31H20Cl2IN3O. The van der Waals surface area contributed by atoms with Gasteiger partial charge in [-0.25, -0.2) is 4.98 Å². The summed E-state index contributed by atoms with van der Waals surface area (Å²) in [4.78, 5) is 18.6. The molecule has 0 aliphatic heterocycles. The zero-order valence-electron chi connectivity index (χ0n) is 20.0. The fourth-order valence-corrected chi connectivity index (χ4v) is 5.65. The highest BCUT2D eigenvalue weighted by molar-refractivity contribution is 14.1. The Bertz CT molecular complexity index is 1910. The molecule has 7 heteroatoms. The Hall–Kier alpha value is -3.39. The van der Waals surface area contributed by atoms with E-state index < -0.39 is 0 Å². The zero-order chi connectivity index (χ0) is 26.2. The van der Waals surface area contributed by atoms with E-state index in [1.165, 1.54) is 5.56 Å². The van der Waals surface area contributed by atoms with Crippen molar-refractivity contribution in [1.82, 2.24) is 14.1 Å². The number of fused-ring (bicyclic) bond motifs is 2. The summed E-state index contributed by atoms with van der Waals surface area (Å²) in [5, 5.41) is 2.52. The number of nitrogens with zero attached hydrogens (tertiary/aromatic N) is 3. The smallest absolute Gasteiger partial charge is 0.266 e.